The highest BCUT2D eigenvalue weighted by Gasteiger charge is 2.03. The van der Waals surface area contributed by atoms with Crippen molar-refractivity contribution < 1.29 is 0 Å². The van der Waals surface area contributed by atoms with Gasteiger partial charge in [-0.25, -0.2) is 4.98 Å². The highest BCUT2D eigenvalue weighted by molar-refractivity contribution is 9.10. The summed E-state index contributed by atoms with van der Waals surface area (Å²) in [5, 5.41) is 7.71. The summed E-state index contributed by atoms with van der Waals surface area (Å²) in [6.45, 7) is 2.05. The number of H-pyrrole nitrogens is 1. The Bertz CT molecular complexity index is 1040. The Morgan fingerprint density at radius 1 is 0.960 bits per heavy atom. The van der Waals surface area contributed by atoms with Crippen molar-refractivity contribution in [1.82, 2.24) is 15.0 Å². The standard InChI is InChI=1S/C19H16BrN5/c1-12-9-13-10-16(5-6-17(13)22-12)23-18-7-8-21-19(25-18)24-15-4-2-3-14(20)11-15/h2-11,22H,1H3,(H2,21,23,24,25). The molecule has 0 atom stereocenters. The lowest BCUT2D eigenvalue weighted by molar-refractivity contribution is 1.17. The Kier molecular flexibility index (Phi) is 4.11. The maximum Gasteiger partial charge on any atom is 0.229 e. The molecule has 0 unspecified atom stereocenters. The van der Waals surface area contributed by atoms with Gasteiger partial charge in [0.1, 0.15) is 5.82 Å². The van der Waals surface area contributed by atoms with Gasteiger partial charge in [0.15, 0.2) is 0 Å². The number of hydrogen-bond acceptors (Lipinski definition) is 4. The van der Waals surface area contributed by atoms with E-state index in [1.54, 1.807) is 6.20 Å². The Balaban J connectivity index is 1.55. The SMILES string of the molecule is Cc1cc2cc(Nc3ccnc(Nc4cccc(Br)c4)n3)ccc2[nH]1. The predicted octanol–water partition coefficient (Wildman–Crippen LogP) is 5.52. The molecule has 3 N–H and O–H groups in total. The molecule has 0 saturated carbocycles. The van der Waals surface area contributed by atoms with E-state index in [0.29, 0.717) is 5.95 Å². The first-order valence-corrected chi connectivity index (χ1v) is 8.67. The minimum atomic E-state index is 0.543. The Morgan fingerprint density at radius 3 is 2.72 bits per heavy atom. The number of aromatic nitrogens is 3. The molecular weight excluding hydrogens is 378 g/mol. The number of fused-ring (bicyclic) bond motifs is 1. The Hall–Kier alpha value is -2.86. The zero-order valence-electron chi connectivity index (χ0n) is 13.5. The first-order valence-electron chi connectivity index (χ1n) is 7.88. The highest BCUT2D eigenvalue weighted by Crippen LogP contribution is 2.23. The van der Waals surface area contributed by atoms with Crippen LogP contribution in [-0.2, 0) is 0 Å². The summed E-state index contributed by atoms with van der Waals surface area (Å²) in [5.74, 6) is 1.28. The van der Waals surface area contributed by atoms with Crippen LogP contribution in [-0.4, -0.2) is 15.0 Å². The number of rotatable bonds is 4. The van der Waals surface area contributed by atoms with Crippen LogP contribution < -0.4 is 10.6 Å². The summed E-state index contributed by atoms with van der Waals surface area (Å²) < 4.78 is 1.00. The van der Waals surface area contributed by atoms with Crippen molar-refractivity contribution >= 4 is 50.0 Å². The normalized spacial score (nSPS) is 10.8. The second kappa shape index (κ2) is 6.57. The number of benzene rings is 2. The van der Waals surface area contributed by atoms with Crippen LogP contribution in [0.25, 0.3) is 10.9 Å². The molecule has 0 fully saturated rings. The van der Waals surface area contributed by atoms with E-state index in [-0.39, 0.29) is 0 Å². The molecule has 124 valence electrons. The van der Waals surface area contributed by atoms with Crippen LogP contribution in [0.5, 0.6) is 0 Å². The topological polar surface area (TPSA) is 65.6 Å². The molecule has 0 aliphatic heterocycles. The van der Waals surface area contributed by atoms with Crippen LogP contribution in [0.4, 0.5) is 23.1 Å². The maximum absolute atomic E-state index is 4.52. The van der Waals surface area contributed by atoms with Crippen molar-refractivity contribution in [3.05, 3.63) is 71.0 Å². The predicted molar refractivity (Wildman–Crippen MR) is 106 cm³/mol. The van der Waals surface area contributed by atoms with E-state index < -0.39 is 0 Å². The first-order chi connectivity index (χ1) is 12.2. The fourth-order valence-electron chi connectivity index (χ4n) is 2.69. The van der Waals surface area contributed by atoms with E-state index in [9.17, 15) is 0 Å². The Labute approximate surface area is 153 Å². The lowest BCUT2D eigenvalue weighted by atomic mass is 10.2. The fraction of sp³-hybridized carbons (Fsp3) is 0.0526. The van der Waals surface area contributed by atoms with Crippen molar-refractivity contribution in [3.8, 4) is 0 Å². The van der Waals surface area contributed by atoms with Crippen molar-refractivity contribution in [2.45, 2.75) is 6.92 Å². The van der Waals surface area contributed by atoms with Gasteiger partial charge in [0.05, 0.1) is 0 Å². The molecule has 0 aliphatic carbocycles. The number of nitrogens with zero attached hydrogens (tertiary/aromatic N) is 2. The number of nitrogens with one attached hydrogen (secondary N) is 3. The number of anilines is 4. The summed E-state index contributed by atoms with van der Waals surface area (Å²) in [5.41, 5.74) is 4.19. The molecule has 4 aromatic rings. The zero-order chi connectivity index (χ0) is 17.2. The molecule has 2 aromatic carbocycles. The average molecular weight is 394 g/mol. The molecule has 0 saturated heterocycles. The number of hydrogen-bond donors (Lipinski definition) is 3. The van der Waals surface area contributed by atoms with Crippen molar-refractivity contribution in [1.29, 1.82) is 0 Å². The highest BCUT2D eigenvalue weighted by atomic mass is 79.9. The lowest BCUT2D eigenvalue weighted by Gasteiger charge is -2.09. The van der Waals surface area contributed by atoms with Crippen molar-refractivity contribution in [3.63, 3.8) is 0 Å². The fourth-order valence-corrected chi connectivity index (χ4v) is 3.09. The van der Waals surface area contributed by atoms with Crippen LogP contribution in [0.15, 0.2) is 65.3 Å². The summed E-state index contributed by atoms with van der Waals surface area (Å²) in [4.78, 5) is 12.1. The molecule has 0 radical (unpaired) electrons. The van der Waals surface area contributed by atoms with Gasteiger partial charge < -0.3 is 15.6 Å². The van der Waals surface area contributed by atoms with E-state index in [1.807, 2.05) is 36.4 Å². The molecular formula is C19H16BrN5. The Morgan fingerprint density at radius 2 is 1.84 bits per heavy atom. The van der Waals surface area contributed by atoms with Gasteiger partial charge in [-0.2, -0.15) is 4.98 Å². The van der Waals surface area contributed by atoms with Gasteiger partial charge in [-0.05, 0) is 55.5 Å². The quantitative estimate of drug-likeness (QED) is 0.427. The van der Waals surface area contributed by atoms with Crippen LogP contribution in [0.1, 0.15) is 5.69 Å². The minimum absolute atomic E-state index is 0.543. The van der Waals surface area contributed by atoms with Crippen molar-refractivity contribution in [2.75, 3.05) is 10.6 Å². The van der Waals surface area contributed by atoms with Crippen LogP contribution >= 0.6 is 15.9 Å². The zero-order valence-corrected chi connectivity index (χ0v) is 15.1. The number of halogens is 1. The molecule has 2 aromatic heterocycles. The summed E-state index contributed by atoms with van der Waals surface area (Å²) in [6, 6.07) is 18.0. The molecule has 0 amide bonds. The summed E-state index contributed by atoms with van der Waals surface area (Å²) in [6.07, 6.45) is 1.73. The van der Waals surface area contributed by atoms with Crippen LogP contribution in [0.3, 0.4) is 0 Å². The second-order valence-electron chi connectivity index (χ2n) is 5.78. The monoisotopic (exact) mass is 393 g/mol. The van der Waals surface area contributed by atoms with E-state index in [1.165, 1.54) is 5.39 Å². The second-order valence-corrected chi connectivity index (χ2v) is 6.70. The average Bonchev–Trinajstić information content (AvgIpc) is 2.94. The van der Waals surface area contributed by atoms with E-state index in [4.69, 9.17) is 0 Å². The van der Waals surface area contributed by atoms with Crippen molar-refractivity contribution in [2.24, 2.45) is 0 Å². The molecule has 0 spiro atoms. The first kappa shape index (κ1) is 15.7. The van der Waals surface area contributed by atoms with Crippen LogP contribution in [0.2, 0.25) is 0 Å². The molecule has 25 heavy (non-hydrogen) atoms. The third-order valence-electron chi connectivity index (χ3n) is 3.76. The third kappa shape index (κ3) is 3.64. The molecule has 0 aliphatic rings. The maximum atomic E-state index is 4.52. The molecule has 2 heterocycles. The van der Waals surface area contributed by atoms with E-state index in [0.717, 1.165) is 32.9 Å². The van der Waals surface area contributed by atoms with E-state index in [2.05, 4.69) is 66.6 Å². The summed E-state index contributed by atoms with van der Waals surface area (Å²) >= 11 is 3.46. The molecule has 4 rings (SSSR count). The van der Waals surface area contributed by atoms with Gasteiger partial charge in [0.2, 0.25) is 5.95 Å². The molecule has 6 heteroatoms. The van der Waals surface area contributed by atoms with Gasteiger partial charge in [0, 0.05) is 38.6 Å². The van der Waals surface area contributed by atoms with Gasteiger partial charge >= 0.3 is 0 Å². The number of aromatic amines is 1. The molecule has 5 nitrogen and oxygen atoms in total. The minimum Gasteiger partial charge on any atom is -0.359 e. The summed E-state index contributed by atoms with van der Waals surface area (Å²) in [7, 11) is 0. The smallest absolute Gasteiger partial charge is 0.229 e. The molecule has 0 bridgehead atoms. The third-order valence-corrected chi connectivity index (χ3v) is 4.26. The largest absolute Gasteiger partial charge is 0.359 e. The van der Waals surface area contributed by atoms with E-state index >= 15 is 0 Å². The lowest BCUT2D eigenvalue weighted by Crippen LogP contribution is -2.00. The van der Waals surface area contributed by atoms with Crippen LogP contribution in [0, 0.1) is 6.92 Å². The van der Waals surface area contributed by atoms with Gasteiger partial charge in [-0.1, -0.05) is 22.0 Å². The van der Waals surface area contributed by atoms with Gasteiger partial charge in [-0.3, -0.25) is 0 Å². The van der Waals surface area contributed by atoms with Gasteiger partial charge in [-0.15, -0.1) is 0 Å². The number of aryl methyl sites for hydroxylation is 1. The van der Waals surface area contributed by atoms with Gasteiger partial charge in [0.25, 0.3) is 0 Å².